The molecule has 2 heterocycles. The van der Waals surface area contributed by atoms with Crippen LogP contribution in [0.15, 0.2) is 12.1 Å². The summed E-state index contributed by atoms with van der Waals surface area (Å²) in [5.74, 6) is 1.83. The first-order valence-electron chi connectivity index (χ1n) is 8.22. The molecule has 2 aromatic rings. The lowest BCUT2D eigenvalue weighted by atomic mass is 10.2. The minimum absolute atomic E-state index is 0.189. The van der Waals surface area contributed by atoms with Crippen molar-refractivity contribution in [2.24, 2.45) is 5.92 Å². The first kappa shape index (κ1) is 19.0. The van der Waals surface area contributed by atoms with E-state index in [1.54, 1.807) is 32.9 Å². The average Bonchev–Trinajstić information content (AvgIpc) is 3.22. The number of halogens is 1. The number of rotatable bonds is 3. The lowest BCUT2D eigenvalue weighted by Crippen LogP contribution is -2.32. The summed E-state index contributed by atoms with van der Waals surface area (Å²) in [6.45, 7) is 5.25. The van der Waals surface area contributed by atoms with Crippen molar-refractivity contribution in [3.8, 4) is 12.3 Å². The number of anilines is 1. The number of carbonyl (C=O) groups is 2. The summed E-state index contributed by atoms with van der Waals surface area (Å²) < 4.78 is 11.6. The quantitative estimate of drug-likeness (QED) is 0.491. The molecule has 0 aliphatic heterocycles. The van der Waals surface area contributed by atoms with Gasteiger partial charge in [0.1, 0.15) is 10.8 Å². The van der Waals surface area contributed by atoms with Gasteiger partial charge >= 0.3 is 12.1 Å². The van der Waals surface area contributed by atoms with E-state index in [0.29, 0.717) is 17.5 Å². The van der Waals surface area contributed by atoms with Crippen LogP contribution >= 0.6 is 11.6 Å². The Balaban J connectivity index is 2.10. The van der Waals surface area contributed by atoms with Crippen LogP contribution in [0, 0.1) is 18.3 Å². The number of esters is 1. The molecule has 1 amide bonds. The van der Waals surface area contributed by atoms with E-state index in [9.17, 15) is 9.59 Å². The van der Waals surface area contributed by atoms with Gasteiger partial charge in [0.05, 0.1) is 18.4 Å². The van der Waals surface area contributed by atoms with Crippen LogP contribution in [-0.2, 0) is 19.8 Å². The third kappa shape index (κ3) is 3.30. The number of ether oxygens (including phenoxy) is 2. The van der Waals surface area contributed by atoms with Crippen molar-refractivity contribution in [2.75, 3.05) is 12.4 Å². The molecule has 8 nitrogen and oxygen atoms in total. The average molecular weight is 391 g/mol. The van der Waals surface area contributed by atoms with Crippen molar-refractivity contribution in [3.63, 3.8) is 0 Å². The van der Waals surface area contributed by atoms with Gasteiger partial charge < -0.3 is 9.47 Å². The zero-order valence-electron chi connectivity index (χ0n) is 15.4. The van der Waals surface area contributed by atoms with Gasteiger partial charge in [0, 0.05) is 6.42 Å². The largest absolute Gasteiger partial charge is 0.467 e. The maximum atomic E-state index is 12.5. The fraction of sp³-hybridized carbons (Fsp3) is 0.444. The van der Waals surface area contributed by atoms with Gasteiger partial charge in [-0.25, -0.2) is 19.3 Å². The molecule has 2 aromatic heterocycles. The second-order valence-corrected chi connectivity index (χ2v) is 7.62. The molecule has 1 aliphatic carbocycles. The van der Waals surface area contributed by atoms with Crippen molar-refractivity contribution in [3.05, 3.63) is 17.3 Å². The molecule has 27 heavy (non-hydrogen) atoms. The number of methoxy groups -OCH3 is 1. The van der Waals surface area contributed by atoms with E-state index in [1.807, 2.05) is 0 Å². The monoisotopic (exact) mass is 390 g/mol. The van der Waals surface area contributed by atoms with Gasteiger partial charge in [-0.15, -0.1) is 12.3 Å². The fourth-order valence-electron chi connectivity index (χ4n) is 2.92. The topological polar surface area (TPSA) is 95.3 Å². The van der Waals surface area contributed by atoms with E-state index in [1.165, 1.54) is 11.8 Å². The molecule has 0 radical (unpaired) electrons. The predicted molar refractivity (Wildman–Crippen MR) is 99.3 cm³/mol. The van der Waals surface area contributed by atoms with Crippen LogP contribution in [-0.4, -0.2) is 39.5 Å². The normalized spacial score (nSPS) is 21.4. The summed E-state index contributed by atoms with van der Waals surface area (Å²) in [7, 11) is 1.28. The molecule has 1 aliphatic rings. The summed E-state index contributed by atoms with van der Waals surface area (Å²) in [6.07, 6.45) is 5.21. The molecule has 0 aromatic carbocycles. The van der Waals surface area contributed by atoms with E-state index in [2.05, 4.69) is 21.3 Å². The molecule has 9 heteroatoms. The number of nitrogens with zero attached hydrogens (tertiary/aromatic N) is 3. The molecule has 0 spiro atoms. The standard InChI is InChI=1S/C18H19ClN4O4/c1-6-10-9-18(10,15(24)26-5)23-14-11(7-8-12(19)20-14)13(22-23)21-16(25)27-17(2,3)4/h1,7-8,10H,9H2,2-5H3,(H,21,22,25)/t10-,18-/m0/s1. The zero-order chi connectivity index (χ0) is 20.0. The third-order valence-electron chi connectivity index (χ3n) is 4.17. The Morgan fingerprint density at radius 3 is 2.70 bits per heavy atom. The lowest BCUT2D eigenvalue weighted by Gasteiger charge is -2.19. The number of aromatic nitrogens is 3. The van der Waals surface area contributed by atoms with Crippen LogP contribution < -0.4 is 5.32 Å². The second-order valence-electron chi connectivity index (χ2n) is 7.23. The Hall–Kier alpha value is -2.79. The summed E-state index contributed by atoms with van der Waals surface area (Å²) >= 11 is 6.03. The minimum atomic E-state index is -1.17. The number of hydrogen-bond donors (Lipinski definition) is 1. The molecular weight excluding hydrogens is 372 g/mol. The molecule has 1 N–H and O–H groups in total. The van der Waals surface area contributed by atoms with Gasteiger partial charge in [0.2, 0.25) is 0 Å². The predicted octanol–water partition coefficient (Wildman–Crippen LogP) is 2.95. The molecule has 142 valence electrons. The second kappa shape index (κ2) is 6.43. The van der Waals surface area contributed by atoms with Gasteiger partial charge in [0.25, 0.3) is 0 Å². The van der Waals surface area contributed by atoms with Crippen LogP contribution in [0.4, 0.5) is 10.6 Å². The highest BCUT2D eigenvalue weighted by molar-refractivity contribution is 6.29. The first-order chi connectivity index (χ1) is 12.6. The highest BCUT2D eigenvalue weighted by Gasteiger charge is 2.64. The number of amides is 1. The SMILES string of the molecule is C#C[C@H]1C[C@]1(C(=O)OC)n1nc(NC(=O)OC(C)(C)C)c2ccc(Cl)nc21. The Morgan fingerprint density at radius 1 is 1.44 bits per heavy atom. The van der Waals surface area contributed by atoms with Crippen molar-refractivity contribution >= 4 is 40.5 Å². The molecule has 1 saturated carbocycles. The lowest BCUT2D eigenvalue weighted by molar-refractivity contribution is -0.146. The van der Waals surface area contributed by atoms with Gasteiger partial charge in [-0.2, -0.15) is 5.10 Å². The van der Waals surface area contributed by atoms with E-state index in [-0.39, 0.29) is 11.0 Å². The van der Waals surface area contributed by atoms with Gasteiger partial charge in [-0.3, -0.25) is 5.32 Å². The van der Waals surface area contributed by atoms with Gasteiger partial charge in [-0.05, 0) is 32.9 Å². The number of nitrogens with one attached hydrogen (secondary N) is 1. The molecule has 1 fully saturated rings. The fourth-order valence-corrected chi connectivity index (χ4v) is 3.06. The van der Waals surface area contributed by atoms with Crippen molar-refractivity contribution in [1.29, 1.82) is 0 Å². The van der Waals surface area contributed by atoms with E-state index in [0.717, 1.165) is 0 Å². The molecule has 0 saturated heterocycles. The highest BCUT2D eigenvalue weighted by atomic mass is 35.5. The van der Waals surface area contributed by atoms with Gasteiger partial charge in [0.15, 0.2) is 17.0 Å². The summed E-state index contributed by atoms with van der Waals surface area (Å²) in [4.78, 5) is 28.9. The Kier molecular flexibility index (Phi) is 4.52. The van der Waals surface area contributed by atoms with Crippen LogP contribution in [0.25, 0.3) is 11.0 Å². The third-order valence-corrected chi connectivity index (χ3v) is 4.38. The molecule has 3 rings (SSSR count). The van der Waals surface area contributed by atoms with E-state index >= 15 is 0 Å². The molecular formula is C18H19ClN4O4. The molecule has 0 bridgehead atoms. The number of terminal acetylenes is 1. The van der Waals surface area contributed by atoms with Crippen molar-refractivity contribution in [2.45, 2.75) is 38.3 Å². The van der Waals surface area contributed by atoms with Gasteiger partial charge in [-0.1, -0.05) is 11.6 Å². The van der Waals surface area contributed by atoms with Crippen LogP contribution in [0.2, 0.25) is 5.15 Å². The van der Waals surface area contributed by atoms with E-state index < -0.39 is 29.1 Å². The number of fused-ring (bicyclic) bond motifs is 1. The summed E-state index contributed by atoms with van der Waals surface area (Å²) in [5.41, 5.74) is -1.54. The first-order valence-corrected chi connectivity index (χ1v) is 8.60. The zero-order valence-corrected chi connectivity index (χ0v) is 16.1. The summed E-state index contributed by atoms with van der Waals surface area (Å²) in [5, 5.41) is 7.69. The smallest absolute Gasteiger partial charge is 0.413 e. The Bertz CT molecular complexity index is 972. The van der Waals surface area contributed by atoms with Crippen LogP contribution in [0.1, 0.15) is 27.2 Å². The highest BCUT2D eigenvalue weighted by Crippen LogP contribution is 2.52. The number of carbonyl (C=O) groups excluding carboxylic acids is 2. The van der Waals surface area contributed by atoms with Crippen molar-refractivity contribution in [1.82, 2.24) is 14.8 Å². The minimum Gasteiger partial charge on any atom is -0.467 e. The number of pyridine rings is 1. The van der Waals surface area contributed by atoms with Crippen LogP contribution in [0.5, 0.6) is 0 Å². The molecule has 2 atom stereocenters. The Labute approximate surface area is 161 Å². The maximum Gasteiger partial charge on any atom is 0.413 e. The maximum absolute atomic E-state index is 12.5. The number of hydrogen-bond acceptors (Lipinski definition) is 6. The summed E-state index contributed by atoms with van der Waals surface area (Å²) in [6, 6.07) is 3.21. The van der Waals surface area contributed by atoms with E-state index in [4.69, 9.17) is 27.5 Å². The van der Waals surface area contributed by atoms with Crippen LogP contribution in [0.3, 0.4) is 0 Å². The van der Waals surface area contributed by atoms with Crippen molar-refractivity contribution < 1.29 is 19.1 Å². The Morgan fingerprint density at radius 2 is 2.15 bits per heavy atom. The molecule has 0 unspecified atom stereocenters.